The van der Waals surface area contributed by atoms with E-state index in [0.29, 0.717) is 28.2 Å². The zero-order valence-electron chi connectivity index (χ0n) is 14.4. The van der Waals surface area contributed by atoms with Gasteiger partial charge in [-0.3, -0.25) is 4.79 Å². The van der Waals surface area contributed by atoms with Crippen LogP contribution in [-0.4, -0.2) is 26.3 Å². The van der Waals surface area contributed by atoms with Gasteiger partial charge in [0.15, 0.2) is 0 Å². The Morgan fingerprint density at radius 3 is 2.58 bits per heavy atom. The number of imidazole rings is 1. The van der Waals surface area contributed by atoms with Gasteiger partial charge in [0.2, 0.25) is 5.78 Å². The third kappa shape index (κ3) is 2.44. The minimum Gasteiger partial charge on any atom is -0.410 e. The van der Waals surface area contributed by atoms with Crippen molar-refractivity contribution in [2.75, 3.05) is 0 Å². The molecular weight excluding hydrogens is 302 g/mol. The number of fused-ring (bicyclic) bond motifs is 2. The largest absolute Gasteiger partial charge is 0.410 e. The van der Waals surface area contributed by atoms with E-state index in [9.17, 15) is 10.0 Å². The molecule has 0 aliphatic heterocycles. The van der Waals surface area contributed by atoms with E-state index >= 15 is 0 Å². The van der Waals surface area contributed by atoms with Crippen molar-refractivity contribution in [1.82, 2.24) is 9.55 Å². The number of unbranched alkanes of at least 4 members (excludes halogenated alkanes) is 1. The fourth-order valence-corrected chi connectivity index (χ4v) is 3.21. The third-order valence-corrected chi connectivity index (χ3v) is 4.75. The lowest BCUT2D eigenvalue weighted by atomic mass is 9.89. The highest BCUT2D eigenvalue weighted by molar-refractivity contribution is 6.28. The molecule has 1 unspecified atom stereocenters. The molecule has 0 saturated carbocycles. The van der Waals surface area contributed by atoms with Crippen molar-refractivity contribution < 1.29 is 10.0 Å². The average molecular weight is 325 g/mol. The van der Waals surface area contributed by atoms with Gasteiger partial charge in [0, 0.05) is 23.6 Å². The molecule has 1 atom stereocenters. The summed E-state index contributed by atoms with van der Waals surface area (Å²) < 4.78 is 2.04. The number of rotatable bonds is 5. The third-order valence-electron chi connectivity index (χ3n) is 4.75. The number of hydrogen-bond donors (Lipinski definition) is 1. The number of carbonyl (C=O) groups is 1. The summed E-state index contributed by atoms with van der Waals surface area (Å²) in [5, 5.41) is 13.0. The zero-order valence-corrected chi connectivity index (χ0v) is 14.4. The smallest absolute Gasteiger partial charge is 0.212 e. The number of nitrogens with zero attached hydrogens (tertiary/aromatic N) is 3. The quantitative estimate of drug-likeness (QED) is 0.570. The van der Waals surface area contributed by atoms with Crippen molar-refractivity contribution in [3.05, 3.63) is 52.6 Å². The van der Waals surface area contributed by atoms with Crippen LogP contribution in [0.15, 0.2) is 29.4 Å². The number of benzene rings is 1. The molecule has 5 nitrogen and oxygen atoms in total. The van der Waals surface area contributed by atoms with E-state index in [1.807, 2.05) is 16.7 Å². The summed E-state index contributed by atoms with van der Waals surface area (Å²) >= 11 is 0. The van der Waals surface area contributed by atoms with Gasteiger partial charge in [-0.25, -0.2) is 4.98 Å². The van der Waals surface area contributed by atoms with Crippen molar-refractivity contribution in [3.63, 3.8) is 0 Å². The Balaban J connectivity index is 2.25. The molecule has 1 aliphatic rings. The second kappa shape index (κ2) is 6.59. The van der Waals surface area contributed by atoms with Gasteiger partial charge in [-0.05, 0) is 12.8 Å². The minimum absolute atomic E-state index is 0.0360. The standard InChI is InChI=1S/C19H23N3O2/c1-4-6-11-22-17-16(20-19(22)12(3)5-2)15(21-24)13-9-7-8-10-14(13)18(17)23/h7-10,12,24H,4-6,11H2,1-3H3/b21-15+. The Bertz CT molecular complexity index is 805. The second-order valence-corrected chi connectivity index (χ2v) is 6.31. The van der Waals surface area contributed by atoms with Crippen LogP contribution in [0.25, 0.3) is 0 Å². The predicted octanol–water partition coefficient (Wildman–Crippen LogP) is 3.97. The molecule has 1 aromatic heterocycles. The molecule has 1 heterocycles. The Kier molecular flexibility index (Phi) is 4.51. The highest BCUT2D eigenvalue weighted by Gasteiger charge is 2.35. The fourth-order valence-electron chi connectivity index (χ4n) is 3.21. The van der Waals surface area contributed by atoms with E-state index in [-0.39, 0.29) is 11.7 Å². The van der Waals surface area contributed by atoms with Crippen LogP contribution in [0.4, 0.5) is 0 Å². The number of oxime groups is 1. The maximum atomic E-state index is 13.1. The van der Waals surface area contributed by atoms with Gasteiger partial charge in [0.25, 0.3) is 0 Å². The van der Waals surface area contributed by atoms with Crippen LogP contribution in [0.5, 0.6) is 0 Å². The molecule has 0 radical (unpaired) electrons. The summed E-state index contributed by atoms with van der Waals surface area (Å²) in [6.07, 6.45) is 2.96. The normalized spacial score (nSPS) is 16.1. The molecule has 0 amide bonds. The van der Waals surface area contributed by atoms with Crippen LogP contribution < -0.4 is 0 Å². The van der Waals surface area contributed by atoms with E-state index in [1.54, 1.807) is 12.1 Å². The summed E-state index contributed by atoms with van der Waals surface area (Å²) in [4.78, 5) is 17.8. The van der Waals surface area contributed by atoms with Crippen molar-refractivity contribution >= 4 is 11.5 Å². The summed E-state index contributed by atoms with van der Waals surface area (Å²) in [6.45, 7) is 7.11. The summed E-state index contributed by atoms with van der Waals surface area (Å²) in [7, 11) is 0. The molecule has 1 aromatic carbocycles. The first-order valence-electron chi connectivity index (χ1n) is 8.60. The van der Waals surface area contributed by atoms with Crippen molar-refractivity contribution in [2.24, 2.45) is 5.16 Å². The molecule has 0 bridgehead atoms. The Morgan fingerprint density at radius 2 is 1.96 bits per heavy atom. The predicted molar refractivity (Wildman–Crippen MR) is 93.1 cm³/mol. The fraction of sp³-hybridized carbons (Fsp3) is 0.421. The first-order valence-corrected chi connectivity index (χ1v) is 8.60. The topological polar surface area (TPSA) is 67.5 Å². The average Bonchev–Trinajstić information content (AvgIpc) is 2.99. The Morgan fingerprint density at radius 1 is 1.25 bits per heavy atom. The SMILES string of the molecule is CCCCn1c(C(C)CC)nc2c1C(=O)c1ccccc1/C2=N\O. The van der Waals surface area contributed by atoms with E-state index in [4.69, 9.17) is 4.98 Å². The Labute approximate surface area is 142 Å². The van der Waals surface area contributed by atoms with Gasteiger partial charge < -0.3 is 9.77 Å². The second-order valence-electron chi connectivity index (χ2n) is 6.31. The molecule has 0 spiro atoms. The van der Waals surface area contributed by atoms with Gasteiger partial charge >= 0.3 is 0 Å². The monoisotopic (exact) mass is 325 g/mol. The van der Waals surface area contributed by atoms with Gasteiger partial charge in [-0.1, -0.05) is 56.6 Å². The van der Waals surface area contributed by atoms with Crippen LogP contribution in [-0.2, 0) is 6.54 Å². The number of ketones is 1. The van der Waals surface area contributed by atoms with Gasteiger partial charge in [0.05, 0.1) is 0 Å². The first kappa shape index (κ1) is 16.4. The molecule has 24 heavy (non-hydrogen) atoms. The molecule has 0 fully saturated rings. The highest BCUT2D eigenvalue weighted by Crippen LogP contribution is 2.31. The van der Waals surface area contributed by atoms with Crippen LogP contribution in [0.2, 0.25) is 0 Å². The van der Waals surface area contributed by atoms with Crippen LogP contribution in [0, 0.1) is 0 Å². The number of carbonyl (C=O) groups excluding carboxylic acids is 1. The summed E-state index contributed by atoms with van der Waals surface area (Å²) in [5.41, 5.74) is 2.68. The lowest BCUT2D eigenvalue weighted by Gasteiger charge is -2.18. The van der Waals surface area contributed by atoms with Crippen molar-refractivity contribution in [3.8, 4) is 0 Å². The number of aromatic nitrogens is 2. The molecule has 1 N–H and O–H groups in total. The van der Waals surface area contributed by atoms with Gasteiger partial charge in [0.1, 0.15) is 22.9 Å². The summed E-state index contributed by atoms with van der Waals surface area (Å²) in [5.74, 6) is 1.10. The van der Waals surface area contributed by atoms with Crippen LogP contribution in [0.1, 0.15) is 79.1 Å². The molecule has 5 heteroatoms. The molecular formula is C19H23N3O2. The van der Waals surface area contributed by atoms with E-state index in [0.717, 1.165) is 31.6 Å². The van der Waals surface area contributed by atoms with E-state index < -0.39 is 0 Å². The minimum atomic E-state index is -0.0360. The summed E-state index contributed by atoms with van der Waals surface area (Å²) in [6, 6.07) is 7.26. The van der Waals surface area contributed by atoms with Gasteiger partial charge in [-0.15, -0.1) is 0 Å². The van der Waals surface area contributed by atoms with E-state index in [2.05, 4.69) is 25.9 Å². The lowest BCUT2D eigenvalue weighted by Crippen LogP contribution is -2.24. The van der Waals surface area contributed by atoms with Crippen molar-refractivity contribution in [2.45, 2.75) is 52.5 Å². The molecule has 0 saturated heterocycles. The lowest BCUT2D eigenvalue weighted by molar-refractivity contribution is 0.102. The first-order chi connectivity index (χ1) is 11.6. The maximum Gasteiger partial charge on any atom is 0.212 e. The maximum absolute atomic E-state index is 13.1. The van der Waals surface area contributed by atoms with E-state index in [1.165, 1.54) is 0 Å². The number of hydrogen-bond acceptors (Lipinski definition) is 4. The van der Waals surface area contributed by atoms with Crippen molar-refractivity contribution in [1.29, 1.82) is 0 Å². The molecule has 126 valence electrons. The molecule has 3 rings (SSSR count). The Hall–Kier alpha value is -2.43. The molecule has 2 aromatic rings. The van der Waals surface area contributed by atoms with Gasteiger partial charge in [-0.2, -0.15) is 0 Å². The highest BCUT2D eigenvalue weighted by atomic mass is 16.4. The zero-order chi connectivity index (χ0) is 17.3. The molecule has 1 aliphatic carbocycles. The van der Waals surface area contributed by atoms with Crippen LogP contribution >= 0.6 is 0 Å². The van der Waals surface area contributed by atoms with Crippen LogP contribution in [0.3, 0.4) is 0 Å².